The first-order valence-corrected chi connectivity index (χ1v) is 7.95. The molecule has 1 N–H and O–H groups in total. The van der Waals surface area contributed by atoms with Crippen molar-refractivity contribution >= 4 is 38.9 Å². The quantitative estimate of drug-likeness (QED) is 0.777. The van der Waals surface area contributed by atoms with Crippen LogP contribution in [0.25, 0.3) is 0 Å². The van der Waals surface area contributed by atoms with Crippen LogP contribution in [0.15, 0.2) is 28.1 Å². The predicted octanol–water partition coefficient (Wildman–Crippen LogP) is 5.31. The Bertz CT molecular complexity index is 565. The standard InChI is InChI=1S/C14H14BrClFNS/c1-3-18-13(12-7-11(16)14(15)19-12)10-6-9(17)5-4-8(10)2/h4-7,13,18H,3H2,1-2H3. The molecule has 0 aliphatic rings. The predicted molar refractivity (Wildman–Crippen MR) is 83.7 cm³/mol. The first-order valence-electron chi connectivity index (χ1n) is 5.97. The zero-order valence-corrected chi connectivity index (χ0v) is 13.8. The minimum Gasteiger partial charge on any atom is -0.306 e. The van der Waals surface area contributed by atoms with E-state index in [9.17, 15) is 4.39 Å². The smallest absolute Gasteiger partial charge is 0.123 e. The zero-order chi connectivity index (χ0) is 14.0. The van der Waals surface area contributed by atoms with Gasteiger partial charge in [0.15, 0.2) is 0 Å². The van der Waals surface area contributed by atoms with Gasteiger partial charge in [-0.3, -0.25) is 0 Å². The Morgan fingerprint density at radius 2 is 2.16 bits per heavy atom. The molecule has 0 fully saturated rings. The van der Waals surface area contributed by atoms with Gasteiger partial charge in [-0.15, -0.1) is 11.3 Å². The Kier molecular flexibility index (Phi) is 5.01. The average Bonchev–Trinajstić information content (AvgIpc) is 2.70. The number of hydrogen-bond donors (Lipinski definition) is 1. The van der Waals surface area contributed by atoms with E-state index in [4.69, 9.17) is 11.6 Å². The van der Waals surface area contributed by atoms with E-state index in [1.54, 1.807) is 23.5 Å². The number of halogens is 3. The summed E-state index contributed by atoms with van der Waals surface area (Å²) < 4.78 is 14.4. The average molecular weight is 363 g/mol. The fourth-order valence-corrected chi connectivity index (χ4v) is 3.84. The van der Waals surface area contributed by atoms with Gasteiger partial charge >= 0.3 is 0 Å². The summed E-state index contributed by atoms with van der Waals surface area (Å²) in [5.41, 5.74) is 2.01. The molecule has 19 heavy (non-hydrogen) atoms. The Morgan fingerprint density at radius 1 is 1.42 bits per heavy atom. The van der Waals surface area contributed by atoms with Crippen molar-refractivity contribution in [3.63, 3.8) is 0 Å². The lowest BCUT2D eigenvalue weighted by Gasteiger charge is -2.19. The van der Waals surface area contributed by atoms with Crippen LogP contribution in [0.1, 0.15) is 29.0 Å². The zero-order valence-electron chi connectivity index (χ0n) is 10.6. The Balaban J connectivity index is 2.47. The third-order valence-electron chi connectivity index (χ3n) is 2.91. The van der Waals surface area contributed by atoms with Crippen molar-refractivity contribution in [3.8, 4) is 0 Å². The van der Waals surface area contributed by atoms with E-state index in [-0.39, 0.29) is 11.9 Å². The summed E-state index contributed by atoms with van der Waals surface area (Å²) in [5.74, 6) is -0.217. The molecule has 0 aliphatic carbocycles. The van der Waals surface area contributed by atoms with E-state index in [1.165, 1.54) is 6.07 Å². The van der Waals surface area contributed by atoms with Gasteiger partial charge in [-0.1, -0.05) is 24.6 Å². The summed E-state index contributed by atoms with van der Waals surface area (Å²) in [6.07, 6.45) is 0. The van der Waals surface area contributed by atoms with Crippen LogP contribution in [0.4, 0.5) is 4.39 Å². The van der Waals surface area contributed by atoms with Gasteiger partial charge in [0, 0.05) is 4.88 Å². The highest BCUT2D eigenvalue weighted by atomic mass is 79.9. The normalized spacial score (nSPS) is 12.7. The minimum absolute atomic E-state index is 0.0329. The van der Waals surface area contributed by atoms with Crippen LogP contribution in [0.3, 0.4) is 0 Å². The molecule has 1 aromatic carbocycles. The highest BCUT2D eigenvalue weighted by Gasteiger charge is 2.19. The summed E-state index contributed by atoms with van der Waals surface area (Å²) in [7, 11) is 0. The lowest BCUT2D eigenvalue weighted by atomic mass is 10.00. The fraction of sp³-hybridized carbons (Fsp3) is 0.286. The summed E-state index contributed by atoms with van der Waals surface area (Å²) in [6.45, 7) is 4.82. The van der Waals surface area contributed by atoms with Gasteiger partial charge in [0.25, 0.3) is 0 Å². The van der Waals surface area contributed by atoms with Gasteiger partial charge in [0.1, 0.15) is 5.82 Å². The number of thiophene rings is 1. The van der Waals surface area contributed by atoms with Gasteiger partial charge in [0.2, 0.25) is 0 Å². The third kappa shape index (κ3) is 3.37. The van der Waals surface area contributed by atoms with Crippen LogP contribution in [0.2, 0.25) is 5.02 Å². The Labute approximate surface area is 129 Å². The largest absolute Gasteiger partial charge is 0.306 e. The molecule has 5 heteroatoms. The van der Waals surface area contributed by atoms with Gasteiger partial charge in [-0.2, -0.15) is 0 Å². The van der Waals surface area contributed by atoms with Crippen molar-refractivity contribution in [2.24, 2.45) is 0 Å². The van der Waals surface area contributed by atoms with Crippen LogP contribution >= 0.6 is 38.9 Å². The highest BCUT2D eigenvalue weighted by Crippen LogP contribution is 2.38. The molecule has 1 atom stereocenters. The van der Waals surface area contributed by atoms with Crippen LogP contribution in [0.5, 0.6) is 0 Å². The molecule has 0 spiro atoms. The van der Waals surface area contributed by atoms with E-state index in [1.807, 2.05) is 19.9 Å². The lowest BCUT2D eigenvalue weighted by molar-refractivity contribution is 0.604. The van der Waals surface area contributed by atoms with Gasteiger partial charge in [0.05, 0.1) is 14.9 Å². The maximum Gasteiger partial charge on any atom is 0.123 e. The minimum atomic E-state index is -0.217. The molecular formula is C14H14BrClFNS. The van der Waals surface area contributed by atoms with Crippen LogP contribution in [-0.4, -0.2) is 6.54 Å². The van der Waals surface area contributed by atoms with E-state index in [0.717, 1.165) is 26.3 Å². The molecule has 0 saturated carbocycles. The van der Waals surface area contributed by atoms with E-state index >= 15 is 0 Å². The molecule has 1 unspecified atom stereocenters. The second-order valence-electron chi connectivity index (χ2n) is 4.26. The van der Waals surface area contributed by atoms with Crippen molar-refractivity contribution in [1.82, 2.24) is 5.32 Å². The van der Waals surface area contributed by atoms with Crippen molar-refractivity contribution in [2.75, 3.05) is 6.54 Å². The number of nitrogens with one attached hydrogen (secondary N) is 1. The van der Waals surface area contributed by atoms with Crippen molar-refractivity contribution in [2.45, 2.75) is 19.9 Å². The Morgan fingerprint density at radius 3 is 2.74 bits per heavy atom. The van der Waals surface area contributed by atoms with Crippen LogP contribution in [0, 0.1) is 12.7 Å². The van der Waals surface area contributed by atoms with Crippen molar-refractivity contribution < 1.29 is 4.39 Å². The molecule has 0 aliphatic heterocycles. The highest BCUT2D eigenvalue weighted by molar-refractivity contribution is 9.11. The van der Waals surface area contributed by atoms with Crippen LogP contribution in [-0.2, 0) is 0 Å². The molecule has 1 nitrogen and oxygen atoms in total. The number of hydrogen-bond acceptors (Lipinski definition) is 2. The van der Waals surface area contributed by atoms with E-state index in [2.05, 4.69) is 21.2 Å². The maximum atomic E-state index is 13.5. The van der Waals surface area contributed by atoms with Crippen molar-refractivity contribution in [1.29, 1.82) is 0 Å². The SMILES string of the molecule is CCNC(c1cc(Cl)c(Br)s1)c1cc(F)ccc1C. The molecule has 0 bridgehead atoms. The summed E-state index contributed by atoms with van der Waals surface area (Å²) in [5, 5.41) is 4.08. The molecule has 2 rings (SSSR count). The molecule has 0 radical (unpaired) electrons. The molecule has 1 aromatic heterocycles. The van der Waals surface area contributed by atoms with Gasteiger partial charge in [-0.05, 0) is 58.7 Å². The molecule has 1 heterocycles. The second-order valence-corrected chi connectivity index (χ2v) is 7.07. The molecular weight excluding hydrogens is 349 g/mol. The summed E-state index contributed by atoms with van der Waals surface area (Å²) >= 11 is 11.1. The molecule has 0 saturated heterocycles. The summed E-state index contributed by atoms with van der Waals surface area (Å²) in [6, 6.07) is 6.77. The Hall–Kier alpha value is -0.420. The van der Waals surface area contributed by atoms with Crippen molar-refractivity contribution in [3.05, 3.63) is 54.9 Å². The van der Waals surface area contributed by atoms with Gasteiger partial charge < -0.3 is 5.32 Å². The second kappa shape index (κ2) is 6.35. The number of benzene rings is 1. The number of aryl methyl sites for hydroxylation is 1. The van der Waals surface area contributed by atoms with E-state index in [0.29, 0.717) is 5.02 Å². The molecule has 2 aromatic rings. The van der Waals surface area contributed by atoms with Gasteiger partial charge in [-0.25, -0.2) is 4.39 Å². The van der Waals surface area contributed by atoms with Crippen LogP contribution < -0.4 is 5.32 Å². The first kappa shape index (κ1) is 15.0. The lowest BCUT2D eigenvalue weighted by Crippen LogP contribution is -2.22. The monoisotopic (exact) mass is 361 g/mol. The summed E-state index contributed by atoms with van der Waals surface area (Å²) in [4.78, 5) is 1.08. The third-order valence-corrected chi connectivity index (χ3v) is 5.45. The molecule has 102 valence electrons. The number of rotatable bonds is 4. The topological polar surface area (TPSA) is 12.0 Å². The maximum absolute atomic E-state index is 13.5. The van der Waals surface area contributed by atoms with E-state index < -0.39 is 0 Å². The fourth-order valence-electron chi connectivity index (χ4n) is 2.00. The first-order chi connectivity index (χ1) is 9.02. The molecule has 0 amide bonds.